The molecule has 0 fully saturated rings. The molecule has 0 saturated carbocycles. The van der Waals surface area contributed by atoms with Gasteiger partial charge in [0.25, 0.3) is 4.92 Å². The van der Waals surface area contributed by atoms with Crippen molar-refractivity contribution in [1.82, 2.24) is 15.2 Å². The maximum absolute atomic E-state index is 11.5. The zero-order chi connectivity index (χ0) is 17.8. The predicted octanol–water partition coefficient (Wildman–Crippen LogP) is 2.88. The van der Waals surface area contributed by atoms with Gasteiger partial charge in [-0.1, -0.05) is 23.9 Å². The Morgan fingerprint density at radius 2 is 2.16 bits per heavy atom. The molecule has 0 atom stereocenters. The van der Waals surface area contributed by atoms with Gasteiger partial charge < -0.3 is 9.52 Å². The van der Waals surface area contributed by atoms with Crippen LogP contribution in [-0.4, -0.2) is 44.0 Å². The van der Waals surface area contributed by atoms with Crippen molar-refractivity contribution in [2.75, 3.05) is 12.9 Å². The third-order valence-corrected chi connectivity index (χ3v) is 3.97. The summed E-state index contributed by atoms with van der Waals surface area (Å²) in [6.07, 6.45) is 0. The highest BCUT2D eigenvalue weighted by atomic mass is 32.2. The van der Waals surface area contributed by atoms with Crippen molar-refractivity contribution in [2.45, 2.75) is 5.16 Å². The molecule has 2 N–H and O–H groups in total. The van der Waals surface area contributed by atoms with Crippen molar-refractivity contribution >= 4 is 23.4 Å². The van der Waals surface area contributed by atoms with Gasteiger partial charge in [0.1, 0.15) is 5.76 Å². The highest BCUT2D eigenvalue weighted by Crippen LogP contribution is 2.29. The molecule has 0 unspecified atom stereocenters. The number of carboxylic acids is 1. The lowest BCUT2D eigenvalue weighted by molar-refractivity contribution is -0.736. The minimum Gasteiger partial charge on any atom is -0.481 e. The number of nitrogens with zero attached hydrogens (tertiary/aromatic N) is 3. The molecule has 1 aromatic carbocycles. The monoisotopic (exact) mass is 361 g/mol. The molecule has 0 amide bonds. The molecule has 0 saturated heterocycles. The van der Waals surface area contributed by atoms with Crippen LogP contribution in [-0.2, 0) is 9.63 Å². The molecular weight excluding hydrogens is 348 g/mol. The summed E-state index contributed by atoms with van der Waals surface area (Å²) >= 11 is 1.01. The fourth-order valence-electron chi connectivity index (χ4n) is 2.05. The van der Waals surface area contributed by atoms with E-state index in [1.165, 1.54) is 7.11 Å². The summed E-state index contributed by atoms with van der Waals surface area (Å²) in [6, 6.07) is 10.2. The molecule has 3 rings (SSSR count). The summed E-state index contributed by atoms with van der Waals surface area (Å²) in [4.78, 5) is 31.3. The second-order valence-corrected chi connectivity index (χ2v) is 5.75. The van der Waals surface area contributed by atoms with Gasteiger partial charge in [-0.05, 0) is 12.1 Å². The van der Waals surface area contributed by atoms with Gasteiger partial charge in [-0.2, -0.15) is 4.98 Å². The molecule has 0 aliphatic heterocycles. The van der Waals surface area contributed by atoms with Crippen LogP contribution in [0.4, 0.5) is 5.69 Å². The molecule has 10 heteroatoms. The largest absolute Gasteiger partial charge is 0.481 e. The van der Waals surface area contributed by atoms with Crippen LogP contribution in [0, 0.1) is 4.91 Å². The summed E-state index contributed by atoms with van der Waals surface area (Å²) in [5.74, 6) is 0.300. The van der Waals surface area contributed by atoms with Crippen LogP contribution in [0.15, 0.2) is 46.0 Å². The number of hydrogen-bond donors (Lipinski definition) is 2. The minimum atomic E-state index is -0.944. The van der Waals surface area contributed by atoms with Gasteiger partial charge in [0, 0.05) is 17.7 Å². The Morgan fingerprint density at radius 1 is 1.36 bits per heavy atom. The fraction of sp³-hybridized carbons (Fsp3) is 0.133. The molecule has 3 aromatic rings. The number of thioether (sulfide) groups is 1. The third-order valence-electron chi connectivity index (χ3n) is 3.14. The SMILES string of the molecule is CO[N+](=O)c1cccc(-c2ccc(-c3nc(SCC(=O)O)n[nH]3)o2)c1. The van der Waals surface area contributed by atoms with E-state index in [-0.39, 0.29) is 5.75 Å². The number of rotatable bonds is 7. The molecular formula is C15H13N4O5S+. The maximum Gasteiger partial charge on any atom is 0.317 e. The molecule has 9 nitrogen and oxygen atoms in total. The Balaban J connectivity index is 1.81. The average Bonchev–Trinajstić information content (AvgIpc) is 3.28. The number of benzene rings is 1. The average molecular weight is 361 g/mol. The minimum absolute atomic E-state index is 0.126. The number of nitrogens with one attached hydrogen (secondary N) is 1. The van der Waals surface area contributed by atoms with Crippen molar-refractivity contribution in [2.24, 2.45) is 0 Å². The second kappa shape index (κ2) is 7.18. The number of aromatic amines is 1. The first-order valence-electron chi connectivity index (χ1n) is 7.06. The summed E-state index contributed by atoms with van der Waals surface area (Å²) < 4.78 is 5.74. The highest BCUT2D eigenvalue weighted by Gasteiger charge is 2.17. The molecule has 2 aromatic heterocycles. The van der Waals surface area contributed by atoms with Gasteiger partial charge in [-0.3, -0.25) is 9.89 Å². The van der Waals surface area contributed by atoms with Crippen molar-refractivity contribution in [1.29, 1.82) is 0 Å². The Bertz CT molecular complexity index is 920. The molecule has 25 heavy (non-hydrogen) atoms. The topological polar surface area (TPSA) is 121 Å². The molecule has 2 heterocycles. The van der Waals surface area contributed by atoms with Crippen LogP contribution in [0.3, 0.4) is 0 Å². The van der Waals surface area contributed by atoms with Gasteiger partial charge in [0.05, 0.1) is 10.7 Å². The first kappa shape index (κ1) is 16.7. The van der Waals surface area contributed by atoms with Crippen LogP contribution >= 0.6 is 11.8 Å². The van der Waals surface area contributed by atoms with E-state index in [2.05, 4.69) is 20.0 Å². The summed E-state index contributed by atoms with van der Waals surface area (Å²) in [6.45, 7) is 0. The number of aromatic nitrogens is 3. The van der Waals surface area contributed by atoms with Gasteiger partial charge in [-0.15, -0.1) is 5.10 Å². The lowest BCUT2D eigenvalue weighted by Crippen LogP contribution is -1.97. The zero-order valence-electron chi connectivity index (χ0n) is 13.0. The van der Waals surface area contributed by atoms with Crippen LogP contribution in [0.5, 0.6) is 0 Å². The smallest absolute Gasteiger partial charge is 0.317 e. The van der Waals surface area contributed by atoms with E-state index in [1.54, 1.807) is 36.4 Å². The van der Waals surface area contributed by atoms with E-state index in [1.807, 2.05) is 0 Å². The van der Waals surface area contributed by atoms with Crippen LogP contribution < -0.4 is 0 Å². The number of carbonyl (C=O) groups is 1. The Hall–Kier alpha value is -3.14. The van der Waals surface area contributed by atoms with E-state index < -0.39 is 5.97 Å². The van der Waals surface area contributed by atoms with Crippen molar-refractivity contribution in [3.05, 3.63) is 41.3 Å². The molecule has 0 spiro atoms. The van der Waals surface area contributed by atoms with Crippen LogP contribution in [0.2, 0.25) is 0 Å². The number of hydrogen-bond acceptors (Lipinski definition) is 7. The second-order valence-electron chi connectivity index (χ2n) is 4.80. The van der Waals surface area contributed by atoms with E-state index in [0.29, 0.717) is 38.7 Å². The molecule has 0 aliphatic carbocycles. The van der Waals surface area contributed by atoms with E-state index >= 15 is 0 Å². The van der Waals surface area contributed by atoms with Crippen molar-refractivity contribution in [3.8, 4) is 22.9 Å². The molecule has 0 radical (unpaired) electrons. The van der Waals surface area contributed by atoms with Crippen molar-refractivity contribution < 1.29 is 24.1 Å². The van der Waals surface area contributed by atoms with E-state index in [9.17, 15) is 9.70 Å². The standard InChI is InChI=1S/C15H12N4O5S/c1-23-19(22)10-4-2-3-9(7-10)11-5-6-12(24-11)14-16-15(18-17-14)25-8-13(20)21/h2-7H,8H2,1H3,(H-,16,17,18,20,21)/p+1. The number of furan rings is 1. The van der Waals surface area contributed by atoms with Crippen molar-refractivity contribution in [3.63, 3.8) is 0 Å². The van der Waals surface area contributed by atoms with Gasteiger partial charge in [0.2, 0.25) is 5.16 Å². The summed E-state index contributed by atoms with van der Waals surface area (Å²) in [5.41, 5.74) is 1.03. The number of aliphatic carboxylic acids is 1. The summed E-state index contributed by atoms with van der Waals surface area (Å²) in [5, 5.41) is 15.6. The fourth-order valence-corrected chi connectivity index (χ4v) is 2.56. The van der Waals surface area contributed by atoms with Crippen LogP contribution in [0.1, 0.15) is 0 Å². The first-order chi connectivity index (χ1) is 12.1. The van der Waals surface area contributed by atoms with Gasteiger partial charge in [-0.25, -0.2) is 4.84 Å². The number of carboxylic acid groups (broad SMARTS) is 1. The van der Waals surface area contributed by atoms with E-state index in [4.69, 9.17) is 9.52 Å². The number of H-pyrrole nitrogens is 1. The molecule has 128 valence electrons. The Morgan fingerprint density at radius 3 is 2.92 bits per heavy atom. The maximum atomic E-state index is 11.5. The lowest BCUT2D eigenvalue weighted by atomic mass is 10.1. The first-order valence-corrected chi connectivity index (χ1v) is 8.04. The quantitative estimate of drug-likeness (QED) is 0.487. The predicted molar refractivity (Wildman–Crippen MR) is 88.2 cm³/mol. The zero-order valence-corrected chi connectivity index (χ0v) is 13.8. The summed E-state index contributed by atoms with van der Waals surface area (Å²) in [7, 11) is 1.29. The molecule has 0 aliphatic rings. The Labute approximate surface area is 145 Å². The normalized spacial score (nSPS) is 10.6. The Kier molecular flexibility index (Phi) is 4.80. The van der Waals surface area contributed by atoms with Crippen LogP contribution in [0.25, 0.3) is 22.9 Å². The lowest BCUT2D eigenvalue weighted by Gasteiger charge is -1.96. The van der Waals surface area contributed by atoms with Gasteiger partial charge >= 0.3 is 11.7 Å². The molecule has 0 bridgehead atoms. The van der Waals surface area contributed by atoms with E-state index in [0.717, 1.165) is 11.8 Å². The third kappa shape index (κ3) is 3.86. The van der Waals surface area contributed by atoms with Gasteiger partial charge in [0.15, 0.2) is 18.7 Å². The highest BCUT2D eigenvalue weighted by molar-refractivity contribution is 7.99.